The number of thiazole rings is 1. The Kier molecular flexibility index (Phi) is 5.12. The first kappa shape index (κ1) is 10.8. The Morgan fingerprint density at radius 3 is 3.00 bits per heavy atom. The van der Waals surface area contributed by atoms with Crippen LogP contribution in [0.25, 0.3) is 0 Å². The highest BCUT2D eigenvalue weighted by Crippen LogP contribution is 2.18. The van der Waals surface area contributed by atoms with Crippen molar-refractivity contribution in [3.05, 3.63) is 10.5 Å². The Morgan fingerprint density at radius 1 is 1.54 bits per heavy atom. The van der Waals surface area contributed by atoms with Gasteiger partial charge in [0.15, 0.2) is 5.13 Å². The number of rotatable bonds is 6. The SMILES string of the molecule is CCNCCCNc1nc(Cl)cs1. The fraction of sp³-hybridized carbons (Fsp3) is 0.625. The number of anilines is 1. The van der Waals surface area contributed by atoms with Gasteiger partial charge in [0, 0.05) is 11.9 Å². The highest BCUT2D eigenvalue weighted by molar-refractivity contribution is 7.14. The van der Waals surface area contributed by atoms with Crippen LogP contribution in [0, 0.1) is 0 Å². The molecule has 2 N–H and O–H groups in total. The number of aromatic nitrogens is 1. The second-order valence-corrected chi connectivity index (χ2v) is 3.85. The van der Waals surface area contributed by atoms with Crippen LogP contribution < -0.4 is 10.6 Å². The zero-order valence-electron chi connectivity index (χ0n) is 7.64. The average Bonchev–Trinajstić information content (AvgIpc) is 2.51. The summed E-state index contributed by atoms with van der Waals surface area (Å²) in [7, 11) is 0. The molecule has 1 heterocycles. The van der Waals surface area contributed by atoms with Crippen molar-refractivity contribution in [3.8, 4) is 0 Å². The van der Waals surface area contributed by atoms with Crippen molar-refractivity contribution in [2.45, 2.75) is 13.3 Å². The zero-order chi connectivity index (χ0) is 9.52. The van der Waals surface area contributed by atoms with Gasteiger partial charge in [-0.15, -0.1) is 11.3 Å². The number of nitrogens with one attached hydrogen (secondary N) is 2. The molecule has 1 rings (SSSR count). The predicted molar refractivity (Wildman–Crippen MR) is 58.8 cm³/mol. The van der Waals surface area contributed by atoms with Crippen molar-refractivity contribution >= 4 is 28.1 Å². The van der Waals surface area contributed by atoms with Crippen molar-refractivity contribution in [1.29, 1.82) is 0 Å². The Morgan fingerprint density at radius 2 is 2.38 bits per heavy atom. The lowest BCUT2D eigenvalue weighted by atomic mass is 10.4. The van der Waals surface area contributed by atoms with E-state index in [0.717, 1.165) is 31.2 Å². The highest BCUT2D eigenvalue weighted by Gasteiger charge is 1.96. The predicted octanol–water partition coefficient (Wildman–Crippen LogP) is 2.21. The molecule has 0 radical (unpaired) electrons. The normalized spacial score (nSPS) is 10.3. The minimum Gasteiger partial charge on any atom is -0.361 e. The van der Waals surface area contributed by atoms with Gasteiger partial charge in [-0.2, -0.15) is 0 Å². The number of nitrogens with zero attached hydrogens (tertiary/aromatic N) is 1. The van der Waals surface area contributed by atoms with E-state index in [1.165, 1.54) is 11.3 Å². The first-order valence-electron chi connectivity index (χ1n) is 4.38. The molecule has 74 valence electrons. The lowest BCUT2D eigenvalue weighted by Crippen LogP contribution is -2.17. The van der Waals surface area contributed by atoms with Gasteiger partial charge in [0.05, 0.1) is 0 Å². The highest BCUT2D eigenvalue weighted by atomic mass is 35.5. The van der Waals surface area contributed by atoms with Gasteiger partial charge < -0.3 is 10.6 Å². The first-order valence-corrected chi connectivity index (χ1v) is 5.64. The van der Waals surface area contributed by atoms with Crippen LogP contribution in [0.1, 0.15) is 13.3 Å². The summed E-state index contributed by atoms with van der Waals surface area (Å²) in [6, 6.07) is 0. The molecule has 3 nitrogen and oxygen atoms in total. The standard InChI is InChI=1S/C8H14ClN3S/c1-2-10-4-3-5-11-8-12-7(9)6-13-8/h6,10H,2-5H2,1H3,(H,11,12). The van der Waals surface area contributed by atoms with E-state index in [1.807, 2.05) is 5.38 Å². The first-order chi connectivity index (χ1) is 6.33. The summed E-state index contributed by atoms with van der Waals surface area (Å²) in [5.74, 6) is 0. The van der Waals surface area contributed by atoms with Crippen molar-refractivity contribution in [1.82, 2.24) is 10.3 Å². The number of hydrogen-bond donors (Lipinski definition) is 2. The smallest absolute Gasteiger partial charge is 0.184 e. The maximum absolute atomic E-state index is 5.67. The molecule has 0 unspecified atom stereocenters. The lowest BCUT2D eigenvalue weighted by molar-refractivity contribution is 0.688. The molecule has 5 heteroatoms. The molecule has 0 bridgehead atoms. The van der Waals surface area contributed by atoms with Crippen molar-refractivity contribution < 1.29 is 0 Å². The van der Waals surface area contributed by atoms with Crippen molar-refractivity contribution in [2.75, 3.05) is 25.0 Å². The van der Waals surface area contributed by atoms with E-state index >= 15 is 0 Å². The Bertz CT molecular complexity index is 239. The van der Waals surface area contributed by atoms with Crippen LogP contribution in [-0.2, 0) is 0 Å². The molecule has 1 aromatic rings. The molecule has 0 atom stereocenters. The van der Waals surface area contributed by atoms with E-state index in [4.69, 9.17) is 11.6 Å². The summed E-state index contributed by atoms with van der Waals surface area (Å²) >= 11 is 7.21. The van der Waals surface area contributed by atoms with Crippen LogP contribution in [0.4, 0.5) is 5.13 Å². The molecule has 0 aromatic carbocycles. The van der Waals surface area contributed by atoms with Crippen molar-refractivity contribution in [3.63, 3.8) is 0 Å². The monoisotopic (exact) mass is 219 g/mol. The quantitative estimate of drug-likeness (QED) is 0.721. The van der Waals surface area contributed by atoms with E-state index in [-0.39, 0.29) is 0 Å². The van der Waals surface area contributed by atoms with Gasteiger partial charge >= 0.3 is 0 Å². The summed E-state index contributed by atoms with van der Waals surface area (Å²) in [5, 5.41) is 9.76. The fourth-order valence-electron chi connectivity index (χ4n) is 0.921. The third kappa shape index (κ3) is 4.45. The second-order valence-electron chi connectivity index (χ2n) is 2.61. The van der Waals surface area contributed by atoms with Crippen molar-refractivity contribution in [2.24, 2.45) is 0 Å². The summed E-state index contributed by atoms with van der Waals surface area (Å²) in [6.07, 6.45) is 1.10. The van der Waals surface area contributed by atoms with E-state index in [1.54, 1.807) is 0 Å². The Hall–Kier alpha value is -0.320. The maximum Gasteiger partial charge on any atom is 0.184 e. The van der Waals surface area contributed by atoms with Crippen LogP contribution in [0.3, 0.4) is 0 Å². The van der Waals surface area contributed by atoms with Crippen LogP contribution >= 0.6 is 22.9 Å². The average molecular weight is 220 g/mol. The lowest BCUT2D eigenvalue weighted by Gasteiger charge is -2.02. The van der Waals surface area contributed by atoms with Gasteiger partial charge in [-0.3, -0.25) is 0 Å². The van der Waals surface area contributed by atoms with E-state index in [0.29, 0.717) is 5.15 Å². The molecule has 0 aliphatic carbocycles. The summed E-state index contributed by atoms with van der Waals surface area (Å²) in [6.45, 7) is 5.12. The topological polar surface area (TPSA) is 37.0 Å². The van der Waals surface area contributed by atoms with Gasteiger partial charge in [-0.05, 0) is 19.5 Å². The maximum atomic E-state index is 5.67. The van der Waals surface area contributed by atoms with Gasteiger partial charge in [0.2, 0.25) is 0 Å². The fourth-order valence-corrected chi connectivity index (χ4v) is 1.79. The Balaban J connectivity index is 2.06. The van der Waals surface area contributed by atoms with Gasteiger partial charge in [-0.1, -0.05) is 18.5 Å². The van der Waals surface area contributed by atoms with E-state index < -0.39 is 0 Å². The third-order valence-corrected chi connectivity index (χ3v) is 2.66. The van der Waals surface area contributed by atoms with Crippen LogP contribution in [0.15, 0.2) is 5.38 Å². The third-order valence-electron chi connectivity index (χ3n) is 1.53. The van der Waals surface area contributed by atoms with Gasteiger partial charge in [0.1, 0.15) is 5.15 Å². The molecule has 0 aliphatic heterocycles. The van der Waals surface area contributed by atoms with Crippen LogP contribution in [0.5, 0.6) is 0 Å². The van der Waals surface area contributed by atoms with Gasteiger partial charge in [0.25, 0.3) is 0 Å². The molecule has 0 spiro atoms. The minimum atomic E-state index is 0.569. The summed E-state index contributed by atoms with van der Waals surface area (Å²) in [5.41, 5.74) is 0. The van der Waals surface area contributed by atoms with E-state index in [9.17, 15) is 0 Å². The summed E-state index contributed by atoms with van der Waals surface area (Å²) < 4.78 is 0. The largest absolute Gasteiger partial charge is 0.361 e. The minimum absolute atomic E-state index is 0.569. The zero-order valence-corrected chi connectivity index (χ0v) is 9.21. The number of halogens is 1. The molecule has 0 fully saturated rings. The molecule has 0 amide bonds. The molecule has 0 saturated carbocycles. The summed E-state index contributed by atoms with van der Waals surface area (Å²) in [4.78, 5) is 4.08. The Labute approximate surface area is 87.5 Å². The molecule has 13 heavy (non-hydrogen) atoms. The van der Waals surface area contributed by atoms with Gasteiger partial charge in [-0.25, -0.2) is 4.98 Å². The molecule has 0 aliphatic rings. The molecule has 0 saturated heterocycles. The van der Waals surface area contributed by atoms with E-state index in [2.05, 4.69) is 22.5 Å². The molecule has 1 aromatic heterocycles. The number of hydrogen-bond acceptors (Lipinski definition) is 4. The van der Waals surface area contributed by atoms with Crippen LogP contribution in [0.2, 0.25) is 5.15 Å². The van der Waals surface area contributed by atoms with Crippen LogP contribution in [-0.4, -0.2) is 24.6 Å². The molecular formula is C8H14ClN3S. The molecular weight excluding hydrogens is 206 g/mol. The second kappa shape index (κ2) is 6.18.